The molecule has 0 unspecified atom stereocenters. The van der Waals surface area contributed by atoms with Crippen molar-refractivity contribution >= 4 is 26.8 Å². The summed E-state index contributed by atoms with van der Waals surface area (Å²) in [4.78, 5) is 0. The first-order valence-electron chi connectivity index (χ1n) is 3.08. The lowest BCUT2D eigenvalue weighted by Gasteiger charge is -1.86. The summed E-state index contributed by atoms with van der Waals surface area (Å²) >= 11 is 3.26. The fraction of sp³-hybridized carbons (Fsp3) is 0.167. The summed E-state index contributed by atoms with van der Waals surface area (Å²) in [6.07, 6.45) is 3.59. The molecule has 2 aromatic heterocycles. The SMILES string of the molecule is Cn1cc2cnnc(Br)c2n1. The van der Waals surface area contributed by atoms with Crippen molar-refractivity contribution in [1.29, 1.82) is 0 Å². The van der Waals surface area contributed by atoms with E-state index in [1.54, 1.807) is 10.9 Å². The molecule has 0 spiro atoms. The van der Waals surface area contributed by atoms with Crippen LogP contribution in [0.4, 0.5) is 0 Å². The number of aromatic nitrogens is 4. The number of aryl methyl sites for hydroxylation is 1. The van der Waals surface area contributed by atoms with Crippen molar-refractivity contribution in [1.82, 2.24) is 20.0 Å². The molecule has 0 amide bonds. The molecule has 0 N–H and O–H groups in total. The van der Waals surface area contributed by atoms with Gasteiger partial charge in [-0.05, 0) is 15.9 Å². The third-order valence-electron chi connectivity index (χ3n) is 1.39. The Morgan fingerprint density at radius 3 is 3.09 bits per heavy atom. The standard InChI is InChI=1S/C6H5BrN4/c1-11-3-4-2-8-9-6(7)5(4)10-11/h2-3H,1H3. The van der Waals surface area contributed by atoms with Gasteiger partial charge in [0, 0.05) is 18.6 Å². The van der Waals surface area contributed by atoms with Gasteiger partial charge in [0.1, 0.15) is 5.52 Å². The van der Waals surface area contributed by atoms with Gasteiger partial charge in [-0.1, -0.05) is 0 Å². The van der Waals surface area contributed by atoms with Crippen LogP contribution in [-0.4, -0.2) is 20.0 Å². The van der Waals surface area contributed by atoms with Crippen LogP contribution < -0.4 is 0 Å². The molecule has 5 heteroatoms. The largest absolute Gasteiger partial charge is 0.274 e. The Labute approximate surface area is 71.4 Å². The zero-order valence-corrected chi connectivity index (χ0v) is 7.41. The van der Waals surface area contributed by atoms with Crippen LogP contribution in [0.5, 0.6) is 0 Å². The second-order valence-corrected chi connectivity index (χ2v) is 2.99. The van der Waals surface area contributed by atoms with Gasteiger partial charge in [0.15, 0.2) is 4.60 Å². The zero-order valence-electron chi connectivity index (χ0n) is 5.82. The van der Waals surface area contributed by atoms with Gasteiger partial charge in [0.25, 0.3) is 0 Å². The zero-order chi connectivity index (χ0) is 7.84. The van der Waals surface area contributed by atoms with Crippen LogP contribution in [0.15, 0.2) is 17.0 Å². The Morgan fingerprint density at radius 1 is 1.55 bits per heavy atom. The lowest BCUT2D eigenvalue weighted by Crippen LogP contribution is -1.86. The molecule has 0 radical (unpaired) electrons. The number of fused-ring (bicyclic) bond motifs is 1. The van der Waals surface area contributed by atoms with Crippen LogP contribution in [0.2, 0.25) is 0 Å². The van der Waals surface area contributed by atoms with Crippen LogP contribution in [0.1, 0.15) is 0 Å². The average Bonchev–Trinajstić information content (AvgIpc) is 2.31. The van der Waals surface area contributed by atoms with E-state index in [-0.39, 0.29) is 0 Å². The highest BCUT2D eigenvalue weighted by molar-refractivity contribution is 9.10. The molecular formula is C6H5BrN4. The molecule has 2 heterocycles. The fourth-order valence-corrected chi connectivity index (χ4v) is 1.35. The molecule has 11 heavy (non-hydrogen) atoms. The topological polar surface area (TPSA) is 43.6 Å². The van der Waals surface area contributed by atoms with Crippen LogP contribution in [0.3, 0.4) is 0 Å². The molecular weight excluding hydrogens is 208 g/mol. The Morgan fingerprint density at radius 2 is 2.36 bits per heavy atom. The van der Waals surface area contributed by atoms with Gasteiger partial charge in [-0.15, -0.1) is 5.10 Å². The van der Waals surface area contributed by atoms with E-state index in [0.29, 0.717) is 4.60 Å². The summed E-state index contributed by atoms with van der Waals surface area (Å²) < 4.78 is 2.43. The summed E-state index contributed by atoms with van der Waals surface area (Å²) in [5, 5.41) is 12.8. The molecule has 2 rings (SSSR count). The van der Waals surface area contributed by atoms with Crippen molar-refractivity contribution in [3.8, 4) is 0 Å². The second-order valence-electron chi connectivity index (χ2n) is 2.24. The van der Waals surface area contributed by atoms with Crippen molar-refractivity contribution < 1.29 is 0 Å². The molecule has 0 fully saturated rings. The third kappa shape index (κ3) is 1.01. The minimum Gasteiger partial charge on any atom is -0.274 e. The van der Waals surface area contributed by atoms with Gasteiger partial charge in [-0.25, -0.2) is 0 Å². The third-order valence-corrected chi connectivity index (χ3v) is 1.93. The molecule has 2 aromatic rings. The Bertz CT molecular complexity index is 394. The molecule has 56 valence electrons. The maximum atomic E-state index is 4.18. The Hall–Kier alpha value is -0.970. The minimum absolute atomic E-state index is 0.690. The first kappa shape index (κ1) is 6.72. The highest BCUT2D eigenvalue weighted by atomic mass is 79.9. The first-order valence-corrected chi connectivity index (χ1v) is 3.87. The molecule has 0 atom stereocenters. The number of rotatable bonds is 0. The summed E-state index contributed by atoms with van der Waals surface area (Å²) in [6.45, 7) is 0. The lowest BCUT2D eigenvalue weighted by molar-refractivity contribution is 0.778. The van der Waals surface area contributed by atoms with Crippen LogP contribution in [-0.2, 0) is 7.05 Å². The van der Waals surface area contributed by atoms with E-state index in [1.165, 1.54) is 0 Å². The summed E-state index contributed by atoms with van der Waals surface area (Å²) in [6, 6.07) is 0. The number of hydrogen-bond acceptors (Lipinski definition) is 3. The lowest BCUT2D eigenvalue weighted by atomic mass is 10.4. The Balaban J connectivity index is 2.90. The molecule has 4 nitrogen and oxygen atoms in total. The van der Waals surface area contributed by atoms with Crippen molar-refractivity contribution in [3.05, 3.63) is 17.0 Å². The Kier molecular flexibility index (Phi) is 1.38. The van der Waals surface area contributed by atoms with Gasteiger partial charge in [-0.2, -0.15) is 10.2 Å². The van der Waals surface area contributed by atoms with E-state index >= 15 is 0 Å². The molecule has 0 aliphatic heterocycles. The molecule has 0 aliphatic rings. The summed E-state index contributed by atoms with van der Waals surface area (Å²) in [5.74, 6) is 0. The minimum atomic E-state index is 0.690. The van der Waals surface area contributed by atoms with E-state index < -0.39 is 0 Å². The van der Waals surface area contributed by atoms with Gasteiger partial charge >= 0.3 is 0 Å². The average molecular weight is 213 g/mol. The van der Waals surface area contributed by atoms with Crippen molar-refractivity contribution in [2.24, 2.45) is 7.05 Å². The smallest absolute Gasteiger partial charge is 0.156 e. The van der Waals surface area contributed by atoms with E-state index in [2.05, 4.69) is 31.2 Å². The molecule has 0 aliphatic carbocycles. The van der Waals surface area contributed by atoms with E-state index in [9.17, 15) is 0 Å². The molecule has 0 saturated carbocycles. The molecule has 0 bridgehead atoms. The van der Waals surface area contributed by atoms with E-state index in [1.807, 2.05) is 13.2 Å². The van der Waals surface area contributed by atoms with Crippen molar-refractivity contribution in [3.63, 3.8) is 0 Å². The number of hydrogen-bond donors (Lipinski definition) is 0. The molecule has 0 aromatic carbocycles. The van der Waals surface area contributed by atoms with Gasteiger partial charge in [0.2, 0.25) is 0 Å². The van der Waals surface area contributed by atoms with Gasteiger partial charge in [-0.3, -0.25) is 4.68 Å². The van der Waals surface area contributed by atoms with Crippen molar-refractivity contribution in [2.45, 2.75) is 0 Å². The van der Waals surface area contributed by atoms with Gasteiger partial charge in [0.05, 0.1) is 6.20 Å². The van der Waals surface area contributed by atoms with Crippen LogP contribution in [0.25, 0.3) is 10.9 Å². The maximum absolute atomic E-state index is 4.18. The number of nitrogens with zero attached hydrogens (tertiary/aromatic N) is 4. The van der Waals surface area contributed by atoms with Crippen molar-refractivity contribution in [2.75, 3.05) is 0 Å². The quantitative estimate of drug-likeness (QED) is 0.658. The predicted octanol–water partition coefficient (Wildman–Crippen LogP) is 1.13. The van der Waals surface area contributed by atoms with Gasteiger partial charge < -0.3 is 0 Å². The monoisotopic (exact) mass is 212 g/mol. The van der Waals surface area contributed by atoms with Crippen LogP contribution in [0, 0.1) is 0 Å². The van der Waals surface area contributed by atoms with E-state index in [4.69, 9.17) is 0 Å². The maximum Gasteiger partial charge on any atom is 0.156 e. The van der Waals surface area contributed by atoms with E-state index in [0.717, 1.165) is 10.9 Å². The summed E-state index contributed by atoms with van der Waals surface area (Å²) in [7, 11) is 1.87. The summed E-state index contributed by atoms with van der Waals surface area (Å²) in [5.41, 5.74) is 0.850. The van der Waals surface area contributed by atoms with Crippen LogP contribution >= 0.6 is 15.9 Å². The normalized spacial score (nSPS) is 10.7. The second kappa shape index (κ2) is 2.27. The highest BCUT2D eigenvalue weighted by Crippen LogP contribution is 2.17. The molecule has 0 saturated heterocycles. The fourth-order valence-electron chi connectivity index (χ4n) is 0.951. The first-order chi connectivity index (χ1) is 5.27. The highest BCUT2D eigenvalue weighted by Gasteiger charge is 2.02. The predicted molar refractivity (Wildman–Crippen MR) is 44.0 cm³/mol. The number of halogens is 1.